The Morgan fingerprint density at radius 2 is 0.703 bits per heavy atom. The molecule has 0 unspecified atom stereocenters. The SMILES string of the molecule is c1ccc2c(CNCCCCCNCc3c4ccccc4cc4ccccc34)c3ccccc3cc2c1. The number of hydrogen-bond acceptors (Lipinski definition) is 2. The number of unbranched alkanes of at least 4 members (excludes halogenated alkanes) is 2. The Labute approximate surface area is 219 Å². The summed E-state index contributed by atoms with van der Waals surface area (Å²) in [4.78, 5) is 0. The first kappa shape index (κ1) is 23.7. The number of fused-ring (bicyclic) bond motifs is 4. The Morgan fingerprint density at radius 3 is 1.05 bits per heavy atom. The fraction of sp³-hybridized carbons (Fsp3) is 0.200. The number of benzene rings is 6. The Morgan fingerprint density at radius 1 is 0.378 bits per heavy atom. The van der Waals surface area contributed by atoms with Gasteiger partial charge in [-0.05, 0) is 92.3 Å². The standard InChI is InChI=1S/C35H34N2/c1(10-20-36-24-34-30-16-6-2-12-26(30)22-27-13-3-7-17-31(27)34)11-21-37-25-35-32-18-8-4-14-28(32)23-29-15-5-9-19-33(29)35/h2-9,12-19,22-23,36-37H,1,10-11,20-21,24-25H2. The minimum atomic E-state index is 0.911. The maximum Gasteiger partial charge on any atom is 0.0217 e. The van der Waals surface area contributed by atoms with Gasteiger partial charge in [-0.1, -0.05) is 103 Å². The van der Waals surface area contributed by atoms with E-state index >= 15 is 0 Å². The van der Waals surface area contributed by atoms with Crippen LogP contribution in [0.2, 0.25) is 0 Å². The van der Waals surface area contributed by atoms with Crippen LogP contribution in [0, 0.1) is 0 Å². The second kappa shape index (κ2) is 11.1. The fourth-order valence-electron chi connectivity index (χ4n) is 5.70. The minimum absolute atomic E-state index is 0.911. The third-order valence-electron chi connectivity index (χ3n) is 7.58. The number of hydrogen-bond donors (Lipinski definition) is 2. The van der Waals surface area contributed by atoms with E-state index in [1.807, 2.05) is 0 Å². The molecule has 0 radical (unpaired) electrons. The fourth-order valence-corrected chi connectivity index (χ4v) is 5.70. The molecule has 2 N–H and O–H groups in total. The van der Waals surface area contributed by atoms with Gasteiger partial charge in [-0.25, -0.2) is 0 Å². The molecule has 0 saturated heterocycles. The van der Waals surface area contributed by atoms with Crippen molar-refractivity contribution < 1.29 is 0 Å². The minimum Gasteiger partial charge on any atom is -0.313 e. The summed E-state index contributed by atoms with van der Waals surface area (Å²) in [7, 11) is 0. The molecule has 2 nitrogen and oxygen atoms in total. The molecule has 0 saturated carbocycles. The molecule has 2 heteroatoms. The van der Waals surface area contributed by atoms with Crippen LogP contribution in [-0.2, 0) is 13.1 Å². The van der Waals surface area contributed by atoms with E-state index in [-0.39, 0.29) is 0 Å². The molecule has 0 spiro atoms. The predicted octanol–water partition coefficient (Wildman–Crippen LogP) is 8.35. The third-order valence-corrected chi connectivity index (χ3v) is 7.58. The second-order valence-electron chi connectivity index (χ2n) is 10.0. The van der Waals surface area contributed by atoms with Gasteiger partial charge in [-0.2, -0.15) is 0 Å². The largest absolute Gasteiger partial charge is 0.313 e. The van der Waals surface area contributed by atoms with Gasteiger partial charge in [0.1, 0.15) is 0 Å². The van der Waals surface area contributed by atoms with E-state index in [0.29, 0.717) is 0 Å². The van der Waals surface area contributed by atoms with Gasteiger partial charge < -0.3 is 10.6 Å². The summed E-state index contributed by atoms with van der Waals surface area (Å²) in [6.45, 7) is 3.92. The Hall–Kier alpha value is -3.72. The monoisotopic (exact) mass is 482 g/mol. The summed E-state index contributed by atoms with van der Waals surface area (Å²) in [6.07, 6.45) is 3.62. The Balaban J connectivity index is 1.00. The van der Waals surface area contributed by atoms with Crippen molar-refractivity contribution >= 4 is 43.1 Å². The summed E-state index contributed by atoms with van der Waals surface area (Å²) < 4.78 is 0. The topological polar surface area (TPSA) is 24.1 Å². The van der Waals surface area contributed by atoms with Gasteiger partial charge in [0.15, 0.2) is 0 Å². The molecule has 0 aliphatic rings. The van der Waals surface area contributed by atoms with Gasteiger partial charge in [0.25, 0.3) is 0 Å². The highest BCUT2D eigenvalue weighted by Gasteiger charge is 2.08. The molecule has 184 valence electrons. The maximum atomic E-state index is 3.72. The summed E-state index contributed by atoms with van der Waals surface area (Å²) in [5.41, 5.74) is 2.83. The quantitative estimate of drug-likeness (QED) is 0.151. The van der Waals surface area contributed by atoms with Crippen molar-refractivity contribution in [3.8, 4) is 0 Å². The summed E-state index contributed by atoms with van der Waals surface area (Å²) in [6, 6.07) is 39.6. The van der Waals surface area contributed by atoms with Gasteiger partial charge in [0, 0.05) is 13.1 Å². The van der Waals surface area contributed by atoms with E-state index in [1.54, 1.807) is 0 Å². The lowest BCUT2D eigenvalue weighted by Gasteiger charge is -2.13. The molecule has 0 aromatic heterocycles. The molecule has 6 aromatic rings. The molecule has 6 rings (SSSR count). The van der Waals surface area contributed by atoms with Gasteiger partial charge >= 0.3 is 0 Å². The van der Waals surface area contributed by atoms with Crippen LogP contribution in [0.15, 0.2) is 109 Å². The van der Waals surface area contributed by atoms with Crippen LogP contribution >= 0.6 is 0 Å². The zero-order valence-electron chi connectivity index (χ0n) is 21.3. The van der Waals surface area contributed by atoms with Crippen LogP contribution < -0.4 is 10.6 Å². The molecule has 6 aromatic carbocycles. The smallest absolute Gasteiger partial charge is 0.0217 e. The highest BCUT2D eigenvalue weighted by molar-refractivity contribution is 6.03. The first-order valence-electron chi connectivity index (χ1n) is 13.6. The number of nitrogens with one attached hydrogen (secondary N) is 2. The molecular formula is C35H34N2. The molecular weight excluding hydrogens is 448 g/mol. The Kier molecular flexibility index (Phi) is 7.12. The highest BCUT2D eigenvalue weighted by Crippen LogP contribution is 2.29. The van der Waals surface area contributed by atoms with Crippen molar-refractivity contribution in [3.05, 3.63) is 120 Å². The normalized spacial score (nSPS) is 11.7. The van der Waals surface area contributed by atoms with E-state index in [2.05, 4.69) is 120 Å². The average Bonchev–Trinajstić information content (AvgIpc) is 2.95. The van der Waals surface area contributed by atoms with E-state index in [4.69, 9.17) is 0 Å². The van der Waals surface area contributed by atoms with Crippen LogP contribution in [-0.4, -0.2) is 13.1 Å². The van der Waals surface area contributed by atoms with Crippen LogP contribution in [0.1, 0.15) is 30.4 Å². The summed E-state index contributed by atoms with van der Waals surface area (Å²) in [5.74, 6) is 0. The van der Waals surface area contributed by atoms with Crippen molar-refractivity contribution in [1.29, 1.82) is 0 Å². The second-order valence-corrected chi connectivity index (χ2v) is 10.0. The Bertz CT molecular complexity index is 1430. The first-order chi connectivity index (χ1) is 18.4. The number of rotatable bonds is 10. The summed E-state index contributed by atoms with van der Waals surface area (Å²) in [5, 5.41) is 18.2. The molecule has 0 fully saturated rings. The molecule has 0 aliphatic carbocycles. The molecule has 0 heterocycles. The van der Waals surface area contributed by atoms with Gasteiger partial charge in [-0.3, -0.25) is 0 Å². The van der Waals surface area contributed by atoms with Crippen molar-refractivity contribution in [2.45, 2.75) is 32.4 Å². The maximum absolute atomic E-state index is 3.72. The summed E-state index contributed by atoms with van der Waals surface area (Å²) >= 11 is 0. The van der Waals surface area contributed by atoms with Crippen LogP contribution in [0.4, 0.5) is 0 Å². The van der Waals surface area contributed by atoms with Gasteiger partial charge in [0.2, 0.25) is 0 Å². The predicted molar refractivity (Wildman–Crippen MR) is 160 cm³/mol. The van der Waals surface area contributed by atoms with Gasteiger partial charge in [0.05, 0.1) is 0 Å². The first-order valence-corrected chi connectivity index (χ1v) is 13.6. The van der Waals surface area contributed by atoms with E-state index in [9.17, 15) is 0 Å². The molecule has 0 aliphatic heterocycles. The zero-order valence-corrected chi connectivity index (χ0v) is 21.3. The highest BCUT2D eigenvalue weighted by atomic mass is 14.9. The van der Waals surface area contributed by atoms with Crippen LogP contribution in [0.25, 0.3) is 43.1 Å². The van der Waals surface area contributed by atoms with E-state index in [1.165, 1.54) is 73.5 Å². The van der Waals surface area contributed by atoms with Crippen LogP contribution in [0.5, 0.6) is 0 Å². The molecule has 0 bridgehead atoms. The third kappa shape index (κ3) is 5.09. The molecule has 0 atom stereocenters. The van der Waals surface area contributed by atoms with E-state index in [0.717, 1.165) is 26.2 Å². The van der Waals surface area contributed by atoms with Crippen molar-refractivity contribution in [3.63, 3.8) is 0 Å². The van der Waals surface area contributed by atoms with Gasteiger partial charge in [-0.15, -0.1) is 0 Å². The van der Waals surface area contributed by atoms with Crippen LogP contribution in [0.3, 0.4) is 0 Å². The van der Waals surface area contributed by atoms with Crippen molar-refractivity contribution in [2.24, 2.45) is 0 Å². The lowest BCUT2D eigenvalue weighted by Crippen LogP contribution is -2.17. The average molecular weight is 483 g/mol. The molecule has 0 amide bonds. The van der Waals surface area contributed by atoms with Crippen molar-refractivity contribution in [2.75, 3.05) is 13.1 Å². The molecule has 37 heavy (non-hydrogen) atoms. The zero-order chi connectivity index (χ0) is 24.9. The lowest BCUT2D eigenvalue weighted by atomic mass is 9.96. The van der Waals surface area contributed by atoms with Crippen molar-refractivity contribution in [1.82, 2.24) is 10.6 Å². The van der Waals surface area contributed by atoms with E-state index < -0.39 is 0 Å². The lowest BCUT2D eigenvalue weighted by molar-refractivity contribution is 0.574.